The minimum absolute atomic E-state index is 0.312. The first-order valence-electron chi connectivity index (χ1n) is 10.7. The van der Waals surface area contributed by atoms with E-state index in [-0.39, 0.29) is 12.2 Å². The number of ether oxygens (including phenoxy) is 2. The van der Waals surface area contributed by atoms with E-state index in [1.807, 2.05) is 0 Å². The summed E-state index contributed by atoms with van der Waals surface area (Å²) >= 11 is 0. The predicted molar refractivity (Wildman–Crippen MR) is 134 cm³/mol. The summed E-state index contributed by atoms with van der Waals surface area (Å²) < 4.78 is 8.30. The number of carbonyl (C=O) groups is 12. The van der Waals surface area contributed by atoms with E-state index in [9.17, 15) is 57.5 Å². The Balaban J connectivity index is -0.000000272. The largest absolute Gasteiger partial charge is 0.481 e. The zero-order chi connectivity index (χ0) is 34.7. The Kier molecular flexibility index (Phi) is 26.6. The number of Topliss-reactive ketones (excluding diaryl/α,β-unsaturated/α-hetero) is 3. The number of hydrogen-bond acceptors (Lipinski definition) is 14. The number of rotatable bonds is 12. The lowest BCUT2D eigenvalue weighted by molar-refractivity contribution is -0.159. The van der Waals surface area contributed by atoms with E-state index in [1.165, 1.54) is 6.92 Å². The van der Waals surface area contributed by atoms with Gasteiger partial charge in [0, 0.05) is 36.5 Å². The second-order valence-electron chi connectivity index (χ2n) is 6.97. The number of carboxylic acid groups (broad SMARTS) is 5. The molecule has 0 aromatic heterocycles. The Labute approximate surface area is 240 Å². The molecule has 0 rings (SSSR count). The Morgan fingerprint density at radius 1 is 0.419 bits per heavy atom. The van der Waals surface area contributed by atoms with Crippen molar-refractivity contribution in [2.75, 3.05) is 0 Å². The Bertz CT molecular complexity index is 1060. The van der Waals surface area contributed by atoms with Crippen LogP contribution >= 0.6 is 0 Å². The van der Waals surface area contributed by atoms with Gasteiger partial charge in [0.1, 0.15) is 36.6 Å². The summed E-state index contributed by atoms with van der Waals surface area (Å²) in [6.45, 7) is 3.52. The van der Waals surface area contributed by atoms with Crippen molar-refractivity contribution in [3.05, 3.63) is 36.5 Å². The number of aliphatic carboxylic acids is 5. The molecular weight excluding hydrogens is 592 g/mol. The second-order valence-corrected chi connectivity index (χ2v) is 6.97. The molecule has 0 heterocycles. The summed E-state index contributed by atoms with van der Waals surface area (Å²) in [7, 11) is 0. The second kappa shape index (κ2) is 26.1. The van der Waals surface area contributed by atoms with Gasteiger partial charge < -0.3 is 35.0 Å². The third-order valence-electron chi connectivity index (χ3n) is 2.71. The van der Waals surface area contributed by atoms with Gasteiger partial charge in [-0.15, -0.1) is 0 Å². The fraction of sp³-hybridized carbons (Fsp3) is 0.250. The molecule has 0 unspecified atom stereocenters. The number of carboxylic acids is 5. The molecule has 0 amide bonds. The first kappa shape index (κ1) is 43.9. The van der Waals surface area contributed by atoms with Gasteiger partial charge >= 0.3 is 53.7 Å². The molecule has 0 fully saturated rings. The normalized spacial score (nSPS) is 9.47. The molecule has 43 heavy (non-hydrogen) atoms. The van der Waals surface area contributed by atoms with Crippen molar-refractivity contribution in [1.82, 2.24) is 0 Å². The van der Waals surface area contributed by atoms with Crippen LogP contribution in [0.1, 0.15) is 40.0 Å². The lowest BCUT2D eigenvalue weighted by Gasteiger charge is -1.98. The minimum Gasteiger partial charge on any atom is -0.481 e. The van der Waals surface area contributed by atoms with Crippen LogP contribution in [0.2, 0.25) is 0 Å². The van der Waals surface area contributed by atoms with Crippen LogP contribution < -0.4 is 0 Å². The van der Waals surface area contributed by atoms with Gasteiger partial charge in [-0.05, 0) is 20.8 Å². The molecule has 0 aromatic carbocycles. The van der Waals surface area contributed by atoms with E-state index < -0.39 is 78.1 Å². The van der Waals surface area contributed by atoms with Gasteiger partial charge in [-0.1, -0.05) is 0 Å². The summed E-state index contributed by atoms with van der Waals surface area (Å²) in [4.78, 5) is 123. The van der Waals surface area contributed by atoms with Crippen LogP contribution in [-0.4, -0.2) is 96.6 Å². The van der Waals surface area contributed by atoms with Crippen molar-refractivity contribution in [1.29, 1.82) is 0 Å². The summed E-state index contributed by atoms with van der Waals surface area (Å²) in [5.74, 6) is -11.9. The lowest BCUT2D eigenvalue weighted by atomic mass is 10.3. The van der Waals surface area contributed by atoms with E-state index in [1.54, 1.807) is 0 Å². The minimum atomic E-state index is -1.26. The van der Waals surface area contributed by atoms with E-state index in [0.717, 1.165) is 13.8 Å². The van der Waals surface area contributed by atoms with Gasteiger partial charge in [-0.3, -0.25) is 28.8 Å². The predicted octanol–water partition coefficient (Wildman–Crippen LogP) is -0.886. The molecule has 0 spiro atoms. The number of hydrogen-bond donors (Lipinski definition) is 5. The third-order valence-corrected chi connectivity index (χ3v) is 2.71. The summed E-state index contributed by atoms with van der Waals surface area (Å²) in [6, 6.07) is 0. The number of esters is 4. The average molecular weight is 618 g/mol. The Morgan fingerprint density at radius 3 is 0.791 bits per heavy atom. The highest BCUT2D eigenvalue weighted by Gasteiger charge is 2.13. The number of carbonyl (C=O) groups excluding carboxylic acids is 7. The molecule has 0 aromatic rings. The fourth-order valence-corrected chi connectivity index (χ4v) is 1.41. The van der Waals surface area contributed by atoms with E-state index in [4.69, 9.17) is 25.5 Å². The maximum atomic E-state index is 11.0. The van der Waals surface area contributed by atoms with Crippen LogP contribution in [0.4, 0.5) is 0 Å². The highest BCUT2D eigenvalue weighted by atomic mass is 16.6. The monoisotopic (exact) mass is 618 g/mol. The maximum Gasteiger partial charge on any atom is 0.338 e. The van der Waals surface area contributed by atoms with Gasteiger partial charge in [0.05, 0.1) is 0 Å². The van der Waals surface area contributed by atoms with Crippen LogP contribution in [0.5, 0.6) is 0 Å². The van der Waals surface area contributed by atoms with Gasteiger partial charge in [0.15, 0.2) is 0 Å². The zero-order valence-electron chi connectivity index (χ0n) is 22.5. The quantitative estimate of drug-likeness (QED) is 0.101. The van der Waals surface area contributed by atoms with E-state index >= 15 is 0 Å². The summed E-state index contributed by atoms with van der Waals surface area (Å²) in [5, 5.41) is 39.1. The van der Waals surface area contributed by atoms with Gasteiger partial charge in [-0.25, -0.2) is 28.8 Å². The summed E-state index contributed by atoms with van der Waals surface area (Å²) in [5.41, 5.74) is 0. The topological polar surface area (TPSA) is 324 Å². The van der Waals surface area contributed by atoms with Crippen molar-refractivity contribution >= 4 is 71.1 Å². The molecule has 0 aliphatic heterocycles. The van der Waals surface area contributed by atoms with Crippen LogP contribution in [0, 0.1) is 0 Å². The fourth-order valence-electron chi connectivity index (χ4n) is 1.41. The SMILES string of the molecule is CC(=O)CC(=O)O.CC(=O)CC(=O)OC(=O)/C=C/C(=O)OC(=O)CC(C)=O.O=C(O)/C=C/C(=O)O.O=C(O)/C=C/C(=O)O. The molecule has 0 saturated heterocycles. The zero-order valence-corrected chi connectivity index (χ0v) is 22.5. The van der Waals surface area contributed by atoms with Crippen LogP contribution in [0.15, 0.2) is 36.5 Å². The molecule has 0 bridgehead atoms. The van der Waals surface area contributed by atoms with Crippen molar-refractivity contribution in [2.45, 2.75) is 40.0 Å². The van der Waals surface area contributed by atoms with Gasteiger partial charge in [0.25, 0.3) is 0 Å². The van der Waals surface area contributed by atoms with Crippen LogP contribution in [0.25, 0.3) is 0 Å². The van der Waals surface area contributed by atoms with Gasteiger partial charge in [0.2, 0.25) is 0 Å². The lowest BCUT2D eigenvalue weighted by Crippen LogP contribution is -2.15. The molecule has 5 N–H and O–H groups in total. The van der Waals surface area contributed by atoms with Crippen LogP contribution in [-0.2, 0) is 67.0 Å². The smallest absolute Gasteiger partial charge is 0.338 e. The Morgan fingerprint density at radius 2 is 0.651 bits per heavy atom. The standard InChI is InChI=1S/C12H12O8.2C4H4O4.C4H6O3/c1-7(13)5-11(17)19-9(15)3-4-10(16)20-12(18)6-8(2)14;2*5-3(6)1-2-4(7)8;1-3(5)2-4(6)7/h3-4H,5-6H2,1-2H3;2*1-2H,(H,5,6)(H,7,8);2H2,1H3,(H,6,7)/b4-3+;2*2-1+;. The van der Waals surface area contributed by atoms with E-state index in [2.05, 4.69) is 9.47 Å². The molecular formula is C24H26O19. The molecule has 0 radical (unpaired) electrons. The first-order valence-corrected chi connectivity index (χ1v) is 10.7. The summed E-state index contributed by atoms with van der Waals surface area (Å²) in [6.07, 6.45) is 1.85. The average Bonchev–Trinajstić information content (AvgIpc) is 2.79. The molecule has 0 saturated carbocycles. The number of ketones is 3. The first-order chi connectivity index (χ1) is 19.6. The van der Waals surface area contributed by atoms with Gasteiger partial charge in [-0.2, -0.15) is 0 Å². The van der Waals surface area contributed by atoms with E-state index in [0.29, 0.717) is 36.5 Å². The highest BCUT2D eigenvalue weighted by Crippen LogP contribution is 1.93. The molecule has 19 nitrogen and oxygen atoms in total. The van der Waals surface area contributed by atoms with Crippen molar-refractivity contribution in [3.63, 3.8) is 0 Å². The Hall–Kier alpha value is -6.14. The maximum absolute atomic E-state index is 11.0. The van der Waals surface area contributed by atoms with Crippen LogP contribution in [0.3, 0.4) is 0 Å². The molecule has 0 aliphatic carbocycles. The van der Waals surface area contributed by atoms with Crippen molar-refractivity contribution in [2.24, 2.45) is 0 Å². The molecule has 236 valence electrons. The molecule has 19 heteroatoms. The van der Waals surface area contributed by atoms with Crippen molar-refractivity contribution in [3.8, 4) is 0 Å². The molecule has 0 aliphatic rings. The highest BCUT2D eigenvalue weighted by molar-refractivity contribution is 6.04. The third kappa shape index (κ3) is 49.4. The molecule has 0 atom stereocenters. The van der Waals surface area contributed by atoms with Crippen molar-refractivity contribution < 1.29 is 92.5 Å².